The molecule has 0 bridgehead atoms. The molecular weight excluding hydrogens is 508 g/mol. The summed E-state index contributed by atoms with van der Waals surface area (Å²) in [5.41, 5.74) is 3.59. The Morgan fingerprint density at radius 3 is 2.20 bits per heavy atom. The summed E-state index contributed by atoms with van der Waals surface area (Å²) in [6.45, 7) is 15.2. The van der Waals surface area contributed by atoms with Crippen LogP contribution in [0.2, 0.25) is 0 Å². The summed E-state index contributed by atoms with van der Waals surface area (Å²) < 4.78 is 15.1. The predicted octanol–water partition coefficient (Wildman–Crippen LogP) is 6.88. The topological polar surface area (TPSA) is 104 Å². The van der Waals surface area contributed by atoms with E-state index >= 15 is 0 Å². The lowest BCUT2D eigenvalue weighted by molar-refractivity contribution is -0.00641. The van der Waals surface area contributed by atoms with E-state index in [9.17, 15) is 9.59 Å². The van der Waals surface area contributed by atoms with Crippen molar-refractivity contribution in [1.29, 1.82) is 0 Å². The molecule has 0 unspecified atom stereocenters. The van der Waals surface area contributed by atoms with Gasteiger partial charge in [-0.3, -0.25) is 9.36 Å². The first-order valence-corrected chi connectivity index (χ1v) is 14.4. The quantitative estimate of drug-likeness (QED) is 0.330. The molecule has 10 nitrogen and oxygen atoms in total. The minimum atomic E-state index is -0.714. The number of aromatic nitrogens is 5. The van der Waals surface area contributed by atoms with E-state index in [1.165, 1.54) is 0 Å². The summed E-state index contributed by atoms with van der Waals surface area (Å²) in [6.07, 6.45) is 6.50. The van der Waals surface area contributed by atoms with Gasteiger partial charge in [-0.15, -0.1) is 0 Å². The van der Waals surface area contributed by atoms with Gasteiger partial charge in [-0.2, -0.15) is 10.2 Å². The van der Waals surface area contributed by atoms with Gasteiger partial charge in [0, 0.05) is 30.3 Å². The molecule has 40 heavy (non-hydrogen) atoms. The smallest absolute Gasteiger partial charge is 0.419 e. The monoisotopic (exact) mass is 550 g/mol. The van der Waals surface area contributed by atoms with Crippen molar-refractivity contribution in [3.63, 3.8) is 0 Å². The van der Waals surface area contributed by atoms with Crippen LogP contribution in [-0.2, 0) is 9.47 Å². The maximum Gasteiger partial charge on any atom is 0.419 e. The first-order chi connectivity index (χ1) is 18.7. The highest BCUT2D eigenvalue weighted by atomic mass is 16.6. The average Bonchev–Trinajstić information content (AvgIpc) is 3.40. The molecule has 2 amide bonds. The van der Waals surface area contributed by atoms with Crippen molar-refractivity contribution < 1.29 is 19.1 Å². The number of pyridine rings is 1. The van der Waals surface area contributed by atoms with Crippen molar-refractivity contribution in [3.8, 4) is 11.3 Å². The maximum atomic E-state index is 12.9. The fourth-order valence-electron chi connectivity index (χ4n) is 5.13. The third-order valence-corrected chi connectivity index (χ3v) is 7.20. The van der Waals surface area contributed by atoms with E-state index in [0.29, 0.717) is 5.92 Å². The van der Waals surface area contributed by atoms with Crippen molar-refractivity contribution >= 4 is 23.2 Å². The van der Waals surface area contributed by atoms with Crippen LogP contribution in [0.15, 0.2) is 24.5 Å². The van der Waals surface area contributed by atoms with Crippen molar-refractivity contribution in [1.82, 2.24) is 29.4 Å². The van der Waals surface area contributed by atoms with Gasteiger partial charge in [-0.05, 0) is 99.1 Å². The zero-order valence-electron chi connectivity index (χ0n) is 25.0. The minimum Gasteiger partial charge on any atom is -0.443 e. The van der Waals surface area contributed by atoms with Crippen LogP contribution in [0.1, 0.15) is 105 Å². The second kappa shape index (κ2) is 10.2. The third kappa shape index (κ3) is 6.15. The molecule has 216 valence electrons. The second-order valence-corrected chi connectivity index (χ2v) is 13.5. The number of nitrogens with zero attached hydrogens (tertiary/aromatic N) is 6. The Labute approximate surface area is 236 Å². The summed E-state index contributed by atoms with van der Waals surface area (Å²) in [5.74, 6) is 0.608. The van der Waals surface area contributed by atoms with Crippen LogP contribution >= 0.6 is 0 Å². The van der Waals surface area contributed by atoms with Gasteiger partial charge in [0.25, 0.3) is 0 Å². The Morgan fingerprint density at radius 1 is 1.02 bits per heavy atom. The number of carbonyl (C=O) groups excluding carboxylic acids is 2. The van der Waals surface area contributed by atoms with Crippen LogP contribution in [0, 0.1) is 5.92 Å². The van der Waals surface area contributed by atoms with Gasteiger partial charge in [-0.1, -0.05) is 0 Å². The van der Waals surface area contributed by atoms with Crippen LogP contribution in [0.5, 0.6) is 0 Å². The number of hydrogen-bond acceptors (Lipinski definition) is 7. The van der Waals surface area contributed by atoms with E-state index in [1.807, 2.05) is 10.9 Å². The van der Waals surface area contributed by atoms with Gasteiger partial charge in [0.1, 0.15) is 16.7 Å². The van der Waals surface area contributed by atoms with E-state index in [0.717, 1.165) is 58.6 Å². The van der Waals surface area contributed by atoms with Gasteiger partial charge < -0.3 is 9.47 Å². The average molecular weight is 551 g/mol. The number of carbonyl (C=O) groups is 2. The lowest BCUT2D eigenvalue weighted by Crippen LogP contribution is -2.47. The molecule has 3 aromatic rings. The van der Waals surface area contributed by atoms with E-state index in [2.05, 4.69) is 42.0 Å². The van der Waals surface area contributed by atoms with E-state index in [1.54, 1.807) is 41.5 Å². The Kier molecular flexibility index (Phi) is 7.17. The number of rotatable bonds is 6. The van der Waals surface area contributed by atoms with Crippen LogP contribution in [0.4, 0.5) is 9.59 Å². The molecule has 2 saturated carbocycles. The number of imide groups is 1. The van der Waals surface area contributed by atoms with Gasteiger partial charge in [-0.25, -0.2) is 19.5 Å². The molecule has 5 rings (SSSR count). The zero-order chi connectivity index (χ0) is 29.0. The Hall–Kier alpha value is -3.43. The largest absolute Gasteiger partial charge is 0.443 e. The summed E-state index contributed by atoms with van der Waals surface area (Å²) in [6, 6.07) is 4.63. The highest BCUT2D eigenvalue weighted by molar-refractivity contribution is 5.88. The Morgan fingerprint density at radius 2 is 1.65 bits per heavy atom. The van der Waals surface area contributed by atoms with Gasteiger partial charge in [0.15, 0.2) is 0 Å². The molecule has 2 aliphatic carbocycles. The number of hydrogen-bond donors (Lipinski definition) is 0. The first-order valence-electron chi connectivity index (χ1n) is 14.4. The Balaban J connectivity index is 1.31. The summed E-state index contributed by atoms with van der Waals surface area (Å²) in [7, 11) is 0. The summed E-state index contributed by atoms with van der Waals surface area (Å²) in [4.78, 5) is 31.9. The molecule has 0 spiro atoms. The molecule has 0 radical (unpaired) electrons. The van der Waals surface area contributed by atoms with E-state index < -0.39 is 23.4 Å². The van der Waals surface area contributed by atoms with Gasteiger partial charge in [0.2, 0.25) is 0 Å². The molecule has 3 aromatic heterocycles. The number of fused-ring (bicyclic) bond motifs is 1. The highest BCUT2D eigenvalue weighted by Gasteiger charge is 2.39. The SMILES string of the molecule is CC(C)n1ncc2nc(-c3cn(C4CC(CN(C(=O)OC(C)(C)C)C(=O)OC(C)(C)C)C4)nc3C3CC3)ccc21. The predicted molar refractivity (Wildman–Crippen MR) is 152 cm³/mol. The van der Waals surface area contributed by atoms with E-state index in [4.69, 9.17) is 19.6 Å². The molecule has 10 heteroatoms. The summed E-state index contributed by atoms with van der Waals surface area (Å²) in [5, 5.41) is 9.54. The molecule has 2 fully saturated rings. The fourth-order valence-corrected chi connectivity index (χ4v) is 5.13. The van der Waals surface area contributed by atoms with Crippen LogP contribution in [-0.4, -0.2) is 59.4 Å². The van der Waals surface area contributed by atoms with Crippen molar-refractivity contribution in [2.75, 3.05) is 6.54 Å². The molecule has 0 aliphatic heterocycles. The van der Waals surface area contributed by atoms with Crippen molar-refractivity contribution in [2.24, 2.45) is 5.92 Å². The van der Waals surface area contributed by atoms with Gasteiger partial charge >= 0.3 is 12.2 Å². The minimum absolute atomic E-state index is 0.137. The standard InChI is InChI=1S/C30H42N6O4/c1-18(2)36-25-12-11-23(32-24(25)15-31-36)22-17-35(33-26(22)20-9-10-20)21-13-19(14-21)16-34(27(37)39-29(3,4)5)28(38)40-30(6,7)8/h11-12,15,17-21H,9-10,13-14,16H2,1-8H3. The lowest BCUT2D eigenvalue weighted by atomic mass is 9.80. The number of ether oxygens (including phenoxy) is 2. The third-order valence-electron chi connectivity index (χ3n) is 7.20. The Bertz CT molecular complexity index is 1370. The first kappa shape index (κ1) is 28.1. The van der Waals surface area contributed by atoms with Crippen LogP contribution in [0.3, 0.4) is 0 Å². The summed E-state index contributed by atoms with van der Waals surface area (Å²) >= 11 is 0. The molecular formula is C30H42N6O4. The molecule has 0 atom stereocenters. The highest BCUT2D eigenvalue weighted by Crippen LogP contribution is 2.46. The maximum absolute atomic E-state index is 12.9. The molecule has 0 saturated heterocycles. The van der Waals surface area contributed by atoms with Crippen LogP contribution < -0.4 is 0 Å². The van der Waals surface area contributed by atoms with Crippen molar-refractivity contribution in [2.45, 2.75) is 110 Å². The van der Waals surface area contributed by atoms with Crippen molar-refractivity contribution in [3.05, 3.63) is 30.2 Å². The lowest BCUT2D eigenvalue weighted by Gasteiger charge is -2.38. The normalized spacial score (nSPS) is 19.5. The molecule has 3 heterocycles. The fraction of sp³-hybridized carbons (Fsp3) is 0.633. The number of amides is 2. The molecule has 0 aromatic carbocycles. The van der Waals surface area contributed by atoms with E-state index in [-0.39, 0.29) is 24.5 Å². The zero-order valence-corrected chi connectivity index (χ0v) is 25.0. The second-order valence-electron chi connectivity index (χ2n) is 13.5. The van der Waals surface area contributed by atoms with Gasteiger partial charge in [0.05, 0.1) is 29.1 Å². The molecule has 0 N–H and O–H groups in total. The molecule has 2 aliphatic rings. The van der Waals surface area contributed by atoms with Crippen LogP contribution in [0.25, 0.3) is 22.3 Å².